The summed E-state index contributed by atoms with van der Waals surface area (Å²) < 4.78 is -1.07. The largest absolute Gasteiger partial charge is 0.368 e. The molecule has 1 unspecified atom stereocenters. The summed E-state index contributed by atoms with van der Waals surface area (Å²) >= 11 is 9.05. The summed E-state index contributed by atoms with van der Waals surface area (Å²) in [5, 5.41) is 9.00. The Kier molecular flexibility index (Phi) is 3.82. The highest BCUT2D eigenvalue weighted by molar-refractivity contribution is 9.26. The van der Waals surface area contributed by atoms with Gasteiger partial charge in [-0.05, 0) is 31.9 Å². The first-order valence-corrected chi connectivity index (χ1v) is 4.35. The topological polar surface area (TPSA) is 20.2 Å². The van der Waals surface area contributed by atoms with Gasteiger partial charge < -0.3 is 5.11 Å². The van der Waals surface area contributed by atoms with Crippen molar-refractivity contribution in [1.82, 2.24) is 0 Å². The van der Waals surface area contributed by atoms with Crippen molar-refractivity contribution in [3.63, 3.8) is 0 Å². The molecule has 0 aliphatic carbocycles. The second-order valence-corrected chi connectivity index (χ2v) is 5.69. The molecule has 0 saturated heterocycles. The van der Waals surface area contributed by atoms with Crippen LogP contribution >= 0.6 is 47.8 Å². The average Bonchev–Trinajstić information content (AvgIpc) is 1.62. The average molecular weight is 309 g/mol. The predicted molar refractivity (Wildman–Crippen MR) is 45.7 cm³/mol. The Labute approximate surface area is 73.5 Å². The molecule has 8 heavy (non-hydrogen) atoms. The Morgan fingerprint density at radius 3 is 2.00 bits per heavy atom. The molecule has 0 aromatic heterocycles. The number of alkyl halides is 3. The first-order chi connectivity index (χ1) is 3.48. The number of hydrogen-bond acceptors (Lipinski definition) is 1. The van der Waals surface area contributed by atoms with Crippen LogP contribution in [-0.4, -0.2) is 13.4 Å². The number of hydrogen-bond donors (Lipinski definition) is 1. The van der Waals surface area contributed by atoms with Crippen molar-refractivity contribution in [2.75, 3.05) is 0 Å². The molecule has 0 amide bonds. The number of halogens is 3. The molecule has 0 rings (SSSR count). The van der Waals surface area contributed by atoms with Crippen molar-refractivity contribution < 1.29 is 5.11 Å². The molecule has 0 aliphatic heterocycles. The lowest BCUT2D eigenvalue weighted by Crippen LogP contribution is -2.21. The maximum atomic E-state index is 9.00. The van der Waals surface area contributed by atoms with Gasteiger partial charge in [-0.3, -0.25) is 0 Å². The van der Waals surface area contributed by atoms with E-state index in [9.17, 15) is 0 Å². The maximum absolute atomic E-state index is 9.00. The minimum Gasteiger partial charge on any atom is -0.368 e. The summed E-state index contributed by atoms with van der Waals surface area (Å²) in [5.41, 5.74) is 0. The Balaban J connectivity index is 3.80. The molecule has 1 atom stereocenters. The monoisotopic (exact) mass is 306 g/mol. The van der Waals surface area contributed by atoms with Crippen molar-refractivity contribution in [3.8, 4) is 0 Å². The van der Waals surface area contributed by atoms with Crippen LogP contribution in [0.4, 0.5) is 0 Å². The van der Waals surface area contributed by atoms with Crippen LogP contribution in [0.15, 0.2) is 12.7 Å². The summed E-state index contributed by atoms with van der Waals surface area (Å²) in [4.78, 5) is -0.185. The van der Waals surface area contributed by atoms with E-state index in [0.29, 0.717) is 0 Å². The highest BCUT2D eigenvalue weighted by Gasteiger charge is 2.25. The van der Waals surface area contributed by atoms with Gasteiger partial charge in [-0.1, -0.05) is 22.0 Å². The van der Waals surface area contributed by atoms with Gasteiger partial charge in [-0.25, -0.2) is 0 Å². The van der Waals surface area contributed by atoms with E-state index in [1.54, 1.807) is 6.08 Å². The lowest BCUT2D eigenvalue weighted by atomic mass is 10.5. The third-order valence-corrected chi connectivity index (χ3v) is 3.79. The molecule has 48 valence electrons. The van der Waals surface area contributed by atoms with Crippen LogP contribution in [0, 0.1) is 0 Å². The van der Waals surface area contributed by atoms with Gasteiger partial charge in [0.15, 0.2) is 3.42 Å². The zero-order valence-corrected chi connectivity index (χ0v) is 8.70. The molecule has 4 heteroatoms. The summed E-state index contributed by atoms with van der Waals surface area (Å²) in [6.45, 7) is 3.46. The van der Waals surface area contributed by atoms with E-state index in [2.05, 4.69) is 54.4 Å². The minimum absolute atomic E-state index is 0.185. The first-order valence-electron chi connectivity index (χ1n) is 1.85. The molecule has 0 spiro atoms. The predicted octanol–water partition coefficient (Wildman–Crippen LogP) is 2.37. The third-order valence-electron chi connectivity index (χ3n) is 0.539. The van der Waals surface area contributed by atoms with Crippen LogP contribution < -0.4 is 0 Å². The van der Waals surface area contributed by atoms with E-state index in [1.807, 2.05) is 0 Å². The highest BCUT2D eigenvalue weighted by atomic mass is 79.9. The van der Waals surface area contributed by atoms with Crippen molar-refractivity contribution >= 4 is 47.8 Å². The molecule has 0 saturated carbocycles. The second-order valence-electron chi connectivity index (χ2n) is 1.23. The van der Waals surface area contributed by atoms with Crippen molar-refractivity contribution in [2.45, 2.75) is 8.25 Å². The summed E-state index contributed by atoms with van der Waals surface area (Å²) in [7, 11) is 0. The summed E-state index contributed by atoms with van der Waals surface area (Å²) in [6, 6.07) is 0. The van der Waals surface area contributed by atoms with Crippen molar-refractivity contribution in [3.05, 3.63) is 12.7 Å². The fraction of sp³-hybridized carbons (Fsp3) is 0.500. The van der Waals surface area contributed by atoms with Gasteiger partial charge in [0.1, 0.15) is 0 Å². The van der Waals surface area contributed by atoms with Crippen LogP contribution in [0.1, 0.15) is 0 Å². The van der Waals surface area contributed by atoms with Crippen LogP contribution in [0.5, 0.6) is 0 Å². The highest BCUT2D eigenvalue weighted by Crippen LogP contribution is 2.31. The standard InChI is InChI=1S/C4H5Br3O/c1-2-3(5)4(6,7)8/h2-3,8H,1H2. The van der Waals surface area contributed by atoms with Crippen molar-refractivity contribution in [2.24, 2.45) is 0 Å². The molecule has 0 fully saturated rings. The molecular formula is C4H5Br3O. The SMILES string of the molecule is C=CC(Br)C(O)(Br)Br. The van der Waals surface area contributed by atoms with Gasteiger partial charge in [-0.15, -0.1) is 6.58 Å². The molecular weight excluding hydrogens is 304 g/mol. The van der Waals surface area contributed by atoms with Gasteiger partial charge in [0.2, 0.25) is 0 Å². The molecule has 0 bridgehead atoms. The molecule has 1 N–H and O–H groups in total. The van der Waals surface area contributed by atoms with E-state index in [1.165, 1.54) is 0 Å². The Bertz CT molecular complexity index is 85.8. The lowest BCUT2D eigenvalue weighted by Gasteiger charge is -2.15. The van der Waals surface area contributed by atoms with Gasteiger partial charge in [-0.2, -0.15) is 0 Å². The van der Waals surface area contributed by atoms with E-state index in [-0.39, 0.29) is 4.83 Å². The molecule has 0 aromatic rings. The quantitative estimate of drug-likeness (QED) is 0.613. The van der Waals surface area contributed by atoms with E-state index >= 15 is 0 Å². The van der Waals surface area contributed by atoms with Gasteiger partial charge in [0.05, 0.1) is 4.83 Å². The minimum atomic E-state index is -1.07. The third kappa shape index (κ3) is 3.22. The van der Waals surface area contributed by atoms with Gasteiger partial charge in [0, 0.05) is 0 Å². The Hall–Kier alpha value is 1.14. The Morgan fingerprint density at radius 2 is 2.00 bits per heavy atom. The van der Waals surface area contributed by atoms with E-state index in [0.717, 1.165) is 0 Å². The number of rotatable bonds is 2. The summed E-state index contributed by atoms with van der Waals surface area (Å²) in [6.07, 6.45) is 1.57. The van der Waals surface area contributed by atoms with Crippen molar-refractivity contribution in [1.29, 1.82) is 0 Å². The van der Waals surface area contributed by atoms with E-state index in [4.69, 9.17) is 5.11 Å². The maximum Gasteiger partial charge on any atom is 0.191 e. The van der Waals surface area contributed by atoms with E-state index < -0.39 is 3.42 Å². The zero-order valence-electron chi connectivity index (χ0n) is 3.94. The first kappa shape index (κ1) is 9.14. The lowest BCUT2D eigenvalue weighted by molar-refractivity contribution is 0.255. The fourth-order valence-electron chi connectivity index (χ4n) is 0.142. The van der Waals surface area contributed by atoms with Crippen LogP contribution in [0.2, 0.25) is 0 Å². The molecule has 0 radical (unpaired) electrons. The van der Waals surface area contributed by atoms with Crippen LogP contribution in [0.25, 0.3) is 0 Å². The molecule has 0 heterocycles. The summed E-state index contributed by atoms with van der Waals surface area (Å²) in [5.74, 6) is 0. The second kappa shape index (κ2) is 3.34. The molecule has 0 aromatic carbocycles. The van der Waals surface area contributed by atoms with Gasteiger partial charge >= 0.3 is 0 Å². The fourth-order valence-corrected chi connectivity index (χ4v) is 0.516. The van der Waals surface area contributed by atoms with Gasteiger partial charge in [0.25, 0.3) is 0 Å². The smallest absolute Gasteiger partial charge is 0.191 e. The molecule has 1 nitrogen and oxygen atoms in total. The zero-order chi connectivity index (χ0) is 6.78. The number of aliphatic hydroxyl groups is 1. The normalized spacial score (nSPS) is 15.5. The Morgan fingerprint density at radius 1 is 1.62 bits per heavy atom. The van der Waals surface area contributed by atoms with Crippen LogP contribution in [-0.2, 0) is 0 Å². The van der Waals surface area contributed by atoms with Crippen LogP contribution in [0.3, 0.4) is 0 Å². The molecule has 0 aliphatic rings.